The molecule has 1 radical (unpaired) electrons. The topological polar surface area (TPSA) is 61.6 Å². The van der Waals surface area contributed by atoms with Crippen LogP contribution in [0, 0.1) is 0 Å². The molecule has 0 atom stereocenters. The quantitative estimate of drug-likeness (QED) is 0.443. The van der Waals surface area contributed by atoms with Crippen molar-refractivity contribution in [2.45, 2.75) is 12.8 Å². The largest absolute Gasteiger partial charge is 0.330 e. The lowest BCUT2D eigenvalue weighted by Gasteiger charge is -2.21. The van der Waals surface area contributed by atoms with Gasteiger partial charge >= 0.3 is 0 Å². The first-order valence-electron chi connectivity index (χ1n) is 6.33. The van der Waals surface area contributed by atoms with Crippen LogP contribution in [-0.4, -0.2) is 76.0 Å². The molecule has 0 aromatic rings. The van der Waals surface area contributed by atoms with Gasteiger partial charge < -0.3 is 20.9 Å². The van der Waals surface area contributed by atoms with Gasteiger partial charge in [-0.3, -0.25) is 4.79 Å². The van der Waals surface area contributed by atoms with Crippen LogP contribution in [0.4, 0.5) is 0 Å². The second-order valence-corrected chi connectivity index (χ2v) is 4.42. The maximum absolute atomic E-state index is 9.95. The van der Waals surface area contributed by atoms with E-state index in [4.69, 9.17) is 5.73 Å². The Morgan fingerprint density at radius 3 is 2.18 bits per heavy atom. The summed E-state index contributed by atoms with van der Waals surface area (Å²) in [4.78, 5) is 14.6. The van der Waals surface area contributed by atoms with E-state index < -0.39 is 0 Å². The molecule has 5 nitrogen and oxygen atoms in total. The first-order chi connectivity index (χ1) is 8.20. The Morgan fingerprint density at radius 2 is 1.65 bits per heavy atom. The van der Waals surface area contributed by atoms with Crippen LogP contribution in [0.25, 0.3) is 0 Å². The molecule has 0 unspecified atom stereocenters. The van der Waals surface area contributed by atoms with E-state index in [9.17, 15) is 4.79 Å². The van der Waals surface area contributed by atoms with Crippen LogP contribution < -0.4 is 11.1 Å². The molecule has 0 bridgehead atoms. The van der Waals surface area contributed by atoms with Gasteiger partial charge in [0.15, 0.2) is 0 Å². The summed E-state index contributed by atoms with van der Waals surface area (Å²) in [6.45, 7) is 6.25. The van der Waals surface area contributed by atoms with Crippen molar-refractivity contribution in [2.75, 3.05) is 59.9 Å². The van der Waals surface area contributed by atoms with Crippen molar-refractivity contribution in [1.29, 1.82) is 0 Å². The standard InChI is InChI=1S/C12H27N4O/c1-15(8-3-5-13)10-11-16(2)9-4-6-14-7-12-17/h14H,3-11,13H2,1-2H3. The Kier molecular flexibility index (Phi) is 11.6. The molecular weight excluding hydrogens is 216 g/mol. The maximum atomic E-state index is 9.95. The molecule has 5 heteroatoms. The molecule has 17 heavy (non-hydrogen) atoms. The van der Waals surface area contributed by atoms with Crippen molar-refractivity contribution in [3.05, 3.63) is 0 Å². The number of likely N-dealkylation sites (N-methyl/N-ethyl adjacent to an activating group) is 2. The van der Waals surface area contributed by atoms with Gasteiger partial charge in [-0.2, -0.15) is 0 Å². The van der Waals surface area contributed by atoms with E-state index in [1.165, 1.54) is 0 Å². The highest BCUT2D eigenvalue weighted by Crippen LogP contribution is 1.90. The summed E-state index contributed by atoms with van der Waals surface area (Å²) in [6.07, 6.45) is 3.95. The third kappa shape index (κ3) is 11.8. The average molecular weight is 243 g/mol. The van der Waals surface area contributed by atoms with Gasteiger partial charge in [-0.05, 0) is 53.1 Å². The lowest BCUT2D eigenvalue weighted by atomic mass is 10.3. The molecule has 3 N–H and O–H groups in total. The fourth-order valence-electron chi connectivity index (χ4n) is 1.54. The molecular formula is C12H27N4O. The van der Waals surface area contributed by atoms with E-state index in [-0.39, 0.29) is 0 Å². The van der Waals surface area contributed by atoms with E-state index >= 15 is 0 Å². The highest BCUT2D eigenvalue weighted by atomic mass is 16.1. The van der Waals surface area contributed by atoms with Crippen molar-refractivity contribution < 1.29 is 4.79 Å². The Bertz CT molecular complexity index is 178. The second kappa shape index (κ2) is 12.0. The molecule has 0 aromatic carbocycles. The monoisotopic (exact) mass is 243 g/mol. The van der Waals surface area contributed by atoms with E-state index in [1.54, 1.807) is 0 Å². The van der Waals surface area contributed by atoms with Gasteiger partial charge in [-0.1, -0.05) is 0 Å². The molecule has 0 aliphatic heterocycles. The summed E-state index contributed by atoms with van der Waals surface area (Å²) in [5.74, 6) is 0. The maximum Gasteiger partial charge on any atom is 0.213 e. The Morgan fingerprint density at radius 1 is 1.06 bits per heavy atom. The Hall–Kier alpha value is -0.490. The van der Waals surface area contributed by atoms with Gasteiger partial charge in [-0.25, -0.2) is 0 Å². The van der Waals surface area contributed by atoms with Crippen LogP contribution >= 0.6 is 0 Å². The van der Waals surface area contributed by atoms with E-state index in [1.807, 2.05) is 6.29 Å². The fourth-order valence-corrected chi connectivity index (χ4v) is 1.54. The van der Waals surface area contributed by atoms with Gasteiger partial charge in [0.25, 0.3) is 0 Å². The van der Waals surface area contributed by atoms with Gasteiger partial charge in [0, 0.05) is 13.1 Å². The van der Waals surface area contributed by atoms with Crippen molar-refractivity contribution in [3.63, 3.8) is 0 Å². The zero-order chi connectivity index (χ0) is 12.9. The molecule has 0 aromatic heterocycles. The number of nitrogens with zero attached hydrogens (tertiary/aromatic N) is 2. The zero-order valence-electron chi connectivity index (χ0n) is 11.2. The first-order valence-corrected chi connectivity index (χ1v) is 6.33. The second-order valence-electron chi connectivity index (χ2n) is 4.42. The van der Waals surface area contributed by atoms with Crippen molar-refractivity contribution in [2.24, 2.45) is 5.73 Å². The summed E-state index contributed by atoms with van der Waals surface area (Å²) >= 11 is 0. The van der Waals surface area contributed by atoms with Gasteiger partial charge in [-0.15, -0.1) is 0 Å². The summed E-state index contributed by atoms with van der Waals surface area (Å²) in [5, 5.41) is 3.01. The third-order valence-electron chi connectivity index (χ3n) is 2.70. The lowest BCUT2D eigenvalue weighted by molar-refractivity contribution is 0.253. The zero-order valence-corrected chi connectivity index (χ0v) is 11.2. The van der Waals surface area contributed by atoms with Crippen molar-refractivity contribution >= 4 is 6.29 Å². The fraction of sp³-hybridized carbons (Fsp3) is 0.917. The Balaban J connectivity index is 3.32. The minimum atomic E-state index is 0.339. The molecule has 101 valence electrons. The van der Waals surface area contributed by atoms with Crippen LogP contribution in [0.3, 0.4) is 0 Å². The number of rotatable bonds is 12. The lowest BCUT2D eigenvalue weighted by Crippen LogP contribution is -2.33. The van der Waals surface area contributed by atoms with E-state index in [0.717, 1.165) is 52.1 Å². The average Bonchev–Trinajstić information content (AvgIpc) is 2.33. The van der Waals surface area contributed by atoms with E-state index in [0.29, 0.717) is 6.54 Å². The molecule has 0 fully saturated rings. The number of carbonyl (C=O) groups excluding carboxylic acids is 1. The van der Waals surface area contributed by atoms with Gasteiger partial charge in [0.2, 0.25) is 6.29 Å². The smallest absolute Gasteiger partial charge is 0.213 e. The highest BCUT2D eigenvalue weighted by molar-refractivity contribution is 5.52. The third-order valence-corrected chi connectivity index (χ3v) is 2.70. The summed E-state index contributed by atoms with van der Waals surface area (Å²) in [6, 6.07) is 0. The Labute approximate surface area is 105 Å². The molecule has 0 rings (SSSR count). The molecule has 0 heterocycles. The first kappa shape index (κ1) is 16.5. The van der Waals surface area contributed by atoms with Crippen LogP contribution in [-0.2, 0) is 4.79 Å². The molecule has 0 saturated heterocycles. The predicted molar refractivity (Wildman–Crippen MR) is 71.8 cm³/mol. The van der Waals surface area contributed by atoms with Crippen molar-refractivity contribution in [3.8, 4) is 0 Å². The van der Waals surface area contributed by atoms with Crippen LogP contribution in [0.15, 0.2) is 0 Å². The van der Waals surface area contributed by atoms with E-state index in [2.05, 4.69) is 29.2 Å². The van der Waals surface area contributed by atoms with Gasteiger partial charge in [0.05, 0.1) is 6.54 Å². The van der Waals surface area contributed by atoms with Crippen LogP contribution in [0.2, 0.25) is 0 Å². The highest BCUT2D eigenvalue weighted by Gasteiger charge is 2.01. The number of nitrogens with one attached hydrogen (secondary N) is 1. The van der Waals surface area contributed by atoms with Crippen LogP contribution in [0.5, 0.6) is 0 Å². The number of hydrogen-bond acceptors (Lipinski definition) is 5. The SMILES string of the molecule is CN(CCCN)CCN(C)CCCNC[C]=O. The summed E-state index contributed by atoms with van der Waals surface area (Å²) in [5.41, 5.74) is 5.47. The minimum Gasteiger partial charge on any atom is -0.330 e. The molecule has 0 aliphatic rings. The molecule has 0 amide bonds. The summed E-state index contributed by atoms with van der Waals surface area (Å²) < 4.78 is 0. The van der Waals surface area contributed by atoms with Gasteiger partial charge in [0.1, 0.15) is 0 Å². The normalized spacial score (nSPS) is 11.4. The van der Waals surface area contributed by atoms with Crippen LogP contribution in [0.1, 0.15) is 12.8 Å². The predicted octanol–water partition coefficient (Wildman–Crippen LogP) is -0.712. The molecule has 0 spiro atoms. The van der Waals surface area contributed by atoms with Crippen molar-refractivity contribution in [1.82, 2.24) is 15.1 Å². The number of nitrogens with two attached hydrogens (primary N) is 1. The summed E-state index contributed by atoms with van der Waals surface area (Å²) in [7, 11) is 4.26. The number of hydrogen-bond donors (Lipinski definition) is 2. The molecule has 0 saturated carbocycles. The minimum absolute atomic E-state index is 0.339. The molecule has 0 aliphatic carbocycles.